The Labute approximate surface area is 297 Å². The van der Waals surface area contributed by atoms with Crippen LogP contribution in [0, 0.1) is 0 Å². The van der Waals surface area contributed by atoms with Crippen LogP contribution < -0.4 is 0 Å². The molecule has 0 fully saturated rings. The first kappa shape index (κ1) is 28.4. The molecule has 1 nitrogen and oxygen atoms in total. The van der Waals surface area contributed by atoms with E-state index in [-0.39, 0.29) is 11.8 Å². The van der Waals surface area contributed by atoms with Crippen molar-refractivity contribution in [2.75, 3.05) is 0 Å². The zero-order valence-corrected chi connectivity index (χ0v) is 28.0. The number of nitrogens with zero attached hydrogens (tertiary/aromatic N) is 1. The fraction of sp³-hybridized carbons (Fsp3) is 0.0400. The second-order valence-electron chi connectivity index (χ2n) is 14.0. The average molecular weight is 648 g/mol. The summed E-state index contributed by atoms with van der Waals surface area (Å²) in [6.45, 7) is 0. The summed E-state index contributed by atoms with van der Waals surface area (Å²) < 4.78 is 2.44. The molecule has 0 saturated heterocycles. The van der Waals surface area contributed by atoms with Crippen molar-refractivity contribution in [3.8, 4) is 39.1 Å². The van der Waals surface area contributed by atoms with Gasteiger partial charge in [0.15, 0.2) is 0 Å². The zero-order valence-electron chi connectivity index (χ0n) is 28.0. The summed E-state index contributed by atoms with van der Waals surface area (Å²) in [7, 11) is 0. The molecule has 0 spiro atoms. The first-order valence-corrected chi connectivity index (χ1v) is 17.9. The maximum absolute atomic E-state index is 2.44. The Kier molecular flexibility index (Phi) is 6.15. The lowest BCUT2D eigenvalue weighted by Crippen LogP contribution is -1.99. The van der Waals surface area contributed by atoms with Crippen molar-refractivity contribution in [3.63, 3.8) is 0 Å². The second kappa shape index (κ2) is 11.0. The number of para-hydroxylation sites is 1. The standard InChI is InChI=1S/C50H33N/c1-5-19-42-37(14-1)38-15-2-6-20-43(38)49(42)33-26-24-32(25-27-33)34-12-11-13-36(30-34)51-47-23-10-9-18-41(47)46-31-35(28-29-48(46)51)50-44-21-7-3-16-39(44)40-17-4-8-22-45(40)50/h1-31,49-50H. The molecule has 1 heteroatoms. The van der Waals surface area contributed by atoms with Crippen molar-refractivity contribution in [2.45, 2.75) is 11.8 Å². The van der Waals surface area contributed by atoms with E-state index in [1.165, 1.54) is 94.3 Å². The molecule has 9 aromatic rings. The fourth-order valence-corrected chi connectivity index (χ4v) is 9.17. The van der Waals surface area contributed by atoms with Gasteiger partial charge in [0, 0.05) is 28.3 Å². The van der Waals surface area contributed by atoms with Gasteiger partial charge in [0.05, 0.1) is 11.0 Å². The predicted molar refractivity (Wildman–Crippen MR) is 212 cm³/mol. The monoisotopic (exact) mass is 647 g/mol. The molecular formula is C50H33N. The van der Waals surface area contributed by atoms with Crippen LogP contribution in [0.5, 0.6) is 0 Å². The average Bonchev–Trinajstić information content (AvgIpc) is 3.84. The minimum absolute atomic E-state index is 0.224. The highest BCUT2D eigenvalue weighted by atomic mass is 15.0. The molecule has 0 atom stereocenters. The van der Waals surface area contributed by atoms with Crippen LogP contribution in [0.1, 0.15) is 45.2 Å². The highest BCUT2D eigenvalue weighted by molar-refractivity contribution is 6.09. The van der Waals surface area contributed by atoms with Crippen molar-refractivity contribution in [1.29, 1.82) is 0 Å². The summed E-state index contributed by atoms with van der Waals surface area (Å²) in [5.74, 6) is 0.480. The van der Waals surface area contributed by atoms with Crippen LogP contribution in [-0.2, 0) is 0 Å². The molecular weight excluding hydrogens is 615 g/mol. The number of rotatable bonds is 4. The maximum Gasteiger partial charge on any atom is 0.0541 e. The van der Waals surface area contributed by atoms with Crippen LogP contribution in [0.25, 0.3) is 60.9 Å². The van der Waals surface area contributed by atoms with Gasteiger partial charge in [-0.1, -0.05) is 158 Å². The highest BCUT2D eigenvalue weighted by Gasteiger charge is 2.31. The Hall–Kier alpha value is -6.44. The van der Waals surface area contributed by atoms with Crippen molar-refractivity contribution >= 4 is 21.8 Å². The SMILES string of the molecule is c1cc(-c2ccc(C3c4ccccc4-c4ccccc43)cc2)cc(-n2c3ccccc3c3cc(C4c5ccccc5-c5ccccc54)ccc32)c1. The van der Waals surface area contributed by atoms with Crippen LogP contribution in [0.3, 0.4) is 0 Å². The number of hydrogen-bond donors (Lipinski definition) is 0. The van der Waals surface area contributed by atoms with Crippen LogP contribution >= 0.6 is 0 Å². The van der Waals surface area contributed by atoms with E-state index < -0.39 is 0 Å². The molecule has 2 aliphatic rings. The largest absolute Gasteiger partial charge is 0.309 e. The van der Waals surface area contributed by atoms with Crippen molar-refractivity contribution in [3.05, 3.63) is 221 Å². The third-order valence-corrected chi connectivity index (χ3v) is 11.4. The van der Waals surface area contributed by atoms with Crippen LogP contribution in [-0.4, -0.2) is 4.57 Å². The molecule has 0 aliphatic heterocycles. The third kappa shape index (κ3) is 4.22. The van der Waals surface area contributed by atoms with Gasteiger partial charge in [-0.3, -0.25) is 0 Å². The van der Waals surface area contributed by atoms with Gasteiger partial charge in [-0.25, -0.2) is 0 Å². The molecule has 0 bridgehead atoms. The Morgan fingerprint density at radius 3 is 1.41 bits per heavy atom. The molecule has 11 rings (SSSR count). The lowest BCUT2D eigenvalue weighted by molar-refractivity contribution is 1.02. The minimum atomic E-state index is 0.224. The second-order valence-corrected chi connectivity index (χ2v) is 14.0. The van der Waals surface area contributed by atoms with Gasteiger partial charge in [0.1, 0.15) is 0 Å². The van der Waals surface area contributed by atoms with Crippen LogP contribution in [0.15, 0.2) is 188 Å². The summed E-state index contributed by atoms with van der Waals surface area (Å²) >= 11 is 0. The Morgan fingerprint density at radius 1 is 0.314 bits per heavy atom. The minimum Gasteiger partial charge on any atom is -0.309 e. The zero-order chi connectivity index (χ0) is 33.5. The number of benzene rings is 8. The van der Waals surface area contributed by atoms with Gasteiger partial charge >= 0.3 is 0 Å². The highest BCUT2D eigenvalue weighted by Crippen LogP contribution is 2.50. The number of aromatic nitrogens is 1. The molecule has 0 amide bonds. The Morgan fingerprint density at radius 2 is 0.804 bits per heavy atom. The molecule has 1 heterocycles. The van der Waals surface area contributed by atoms with E-state index in [1.54, 1.807) is 0 Å². The smallest absolute Gasteiger partial charge is 0.0541 e. The summed E-state index contributed by atoms with van der Waals surface area (Å²) in [5, 5.41) is 2.57. The van der Waals surface area contributed by atoms with Gasteiger partial charge in [0.25, 0.3) is 0 Å². The summed E-state index contributed by atoms with van der Waals surface area (Å²) in [5.41, 5.74) is 19.7. The van der Waals surface area contributed by atoms with E-state index >= 15 is 0 Å². The van der Waals surface area contributed by atoms with Crippen LogP contribution in [0.4, 0.5) is 0 Å². The summed E-state index contributed by atoms with van der Waals surface area (Å²) in [6, 6.07) is 69.8. The topological polar surface area (TPSA) is 4.93 Å². The molecule has 0 N–H and O–H groups in total. The molecule has 238 valence electrons. The molecule has 1 aromatic heterocycles. The van der Waals surface area contributed by atoms with Gasteiger partial charge in [-0.05, 0) is 97.1 Å². The molecule has 0 radical (unpaired) electrons. The Bertz CT molecular complexity index is 2720. The lowest BCUT2D eigenvalue weighted by Gasteiger charge is -2.16. The van der Waals surface area contributed by atoms with E-state index in [2.05, 4.69) is 193 Å². The van der Waals surface area contributed by atoms with E-state index in [0.29, 0.717) is 0 Å². The molecule has 2 aliphatic carbocycles. The Balaban J connectivity index is 0.998. The van der Waals surface area contributed by atoms with Crippen molar-refractivity contribution in [2.24, 2.45) is 0 Å². The van der Waals surface area contributed by atoms with E-state index in [1.807, 2.05) is 0 Å². The third-order valence-electron chi connectivity index (χ3n) is 11.4. The number of hydrogen-bond acceptors (Lipinski definition) is 0. The van der Waals surface area contributed by atoms with Crippen molar-refractivity contribution < 1.29 is 0 Å². The van der Waals surface area contributed by atoms with Gasteiger partial charge in [0.2, 0.25) is 0 Å². The maximum atomic E-state index is 2.44. The van der Waals surface area contributed by atoms with Gasteiger partial charge in [-0.15, -0.1) is 0 Å². The molecule has 51 heavy (non-hydrogen) atoms. The normalized spacial score (nSPS) is 13.3. The first-order chi connectivity index (χ1) is 25.3. The molecule has 0 unspecified atom stereocenters. The first-order valence-electron chi connectivity index (χ1n) is 17.9. The van der Waals surface area contributed by atoms with Crippen molar-refractivity contribution in [1.82, 2.24) is 4.57 Å². The molecule has 8 aromatic carbocycles. The summed E-state index contributed by atoms with van der Waals surface area (Å²) in [4.78, 5) is 0. The van der Waals surface area contributed by atoms with E-state index in [4.69, 9.17) is 0 Å². The quantitative estimate of drug-likeness (QED) is 0.179. The molecule has 0 saturated carbocycles. The number of fused-ring (bicyclic) bond motifs is 9. The van der Waals surface area contributed by atoms with Crippen LogP contribution in [0.2, 0.25) is 0 Å². The van der Waals surface area contributed by atoms with Gasteiger partial charge < -0.3 is 4.57 Å². The van der Waals surface area contributed by atoms with E-state index in [0.717, 1.165) is 0 Å². The van der Waals surface area contributed by atoms with E-state index in [9.17, 15) is 0 Å². The fourth-order valence-electron chi connectivity index (χ4n) is 9.17. The van der Waals surface area contributed by atoms with Gasteiger partial charge in [-0.2, -0.15) is 0 Å². The summed E-state index contributed by atoms with van der Waals surface area (Å²) in [6.07, 6.45) is 0. The lowest BCUT2D eigenvalue weighted by atomic mass is 9.88. The predicted octanol–water partition coefficient (Wildman–Crippen LogP) is 12.8.